The Bertz CT molecular complexity index is 1030. The van der Waals surface area contributed by atoms with E-state index in [1.165, 1.54) is 22.6 Å². The minimum Gasteiger partial charge on any atom is -0.322 e. The first-order valence-electron chi connectivity index (χ1n) is 8.23. The number of nitrogens with one attached hydrogen (secondary N) is 1. The van der Waals surface area contributed by atoms with E-state index in [1.54, 1.807) is 0 Å². The van der Waals surface area contributed by atoms with Crippen molar-refractivity contribution >= 4 is 21.6 Å². The van der Waals surface area contributed by atoms with Crippen molar-refractivity contribution in [3.8, 4) is 0 Å². The summed E-state index contributed by atoms with van der Waals surface area (Å²) in [7, 11) is -3.93. The molecule has 0 spiro atoms. The molecule has 2 aromatic rings. The maximum absolute atomic E-state index is 13.6. The highest BCUT2D eigenvalue weighted by Crippen LogP contribution is 2.18. The predicted molar refractivity (Wildman–Crippen MR) is 93.7 cm³/mol. The number of amides is 1. The number of nitrogens with zero attached hydrogens (tertiary/aromatic N) is 2. The summed E-state index contributed by atoms with van der Waals surface area (Å²) in [6.07, 6.45) is 2.73. The van der Waals surface area contributed by atoms with Gasteiger partial charge in [-0.3, -0.25) is 9.59 Å². The lowest BCUT2D eigenvalue weighted by atomic mass is 10.3. The van der Waals surface area contributed by atoms with E-state index in [4.69, 9.17) is 0 Å². The van der Waals surface area contributed by atoms with Crippen LogP contribution in [0.5, 0.6) is 0 Å². The van der Waals surface area contributed by atoms with Crippen molar-refractivity contribution in [2.75, 3.05) is 18.4 Å². The fraction of sp³-hybridized carbons (Fsp3) is 0.294. The Kier molecular flexibility index (Phi) is 5.38. The second-order valence-electron chi connectivity index (χ2n) is 6.09. The van der Waals surface area contributed by atoms with Gasteiger partial charge in [0.1, 0.15) is 23.1 Å². The summed E-state index contributed by atoms with van der Waals surface area (Å²) in [6, 6.07) is 5.21. The van der Waals surface area contributed by atoms with Gasteiger partial charge in [-0.2, -0.15) is 4.31 Å². The number of carbonyl (C=O) groups is 1. The van der Waals surface area contributed by atoms with E-state index >= 15 is 0 Å². The molecule has 2 heterocycles. The number of aromatic nitrogens is 1. The maximum Gasteiger partial charge on any atom is 0.271 e. The molecule has 1 aromatic heterocycles. The highest BCUT2D eigenvalue weighted by atomic mass is 32.2. The van der Waals surface area contributed by atoms with Gasteiger partial charge >= 0.3 is 0 Å². The van der Waals surface area contributed by atoms with Crippen LogP contribution in [-0.2, 0) is 21.4 Å². The van der Waals surface area contributed by atoms with Crippen LogP contribution in [0.4, 0.5) is 14.5 Å². The monoisotopic (exact) mass is 397 g/mol. The smallest absolute Gasteiger partial charge is 0.271 e. The highest BCUT2D eigenvalue weighted by molar-refractivity contribution is 7.89. The first kappa shape index (κ1) is 19.2. The van der Waals surface area contributed by atoms with Crippen LogP contribution in [0.2, 0.25) is 0 Å². The van der Waals surface area contributed by atoms with Crippen molar-refractivity contribution in [3.63, 3.8) is 0 Å². The molecule has 1 N–H and O–H groups in total. The molecular formula is C17H17F2N3O4S. The molecule has 0 unspecified atom stereocenters. The van der Waals surface area contributed by atoms with Gasteiger partial charge in [-0.1, -0.05) is 0 Å². The van der Waals surface area contributed by atoms with Gasteiger partial charge in [0.2, 0.25) is 15.9 Å². The molecule has 0 atom stereocenters. The molecule has 1 saturated heterocycles. The first-order valence-corrected chi connectivity index (χ1v) is 9.67. The highest BCUT2D eigenvalue weighted by Gasteiger charge is 2.30. The van der Waals surface area contributed by atoms with E-state index < -0.39 is 44.6 Å². The zero-order valence-electron chi connectivity index (χ0n) is 14.2. The Morgan fingerprint density at radius 1 is 1.15 bits per heavy atom. The summed E-state index contributed by atoms with van der Waals surface area (Å²) in [4.78, 5) is 24.2. The third-order valence-corrected chi connectivity index (χ3v) is 6.10. The summed E-state index contributed by atoms with van der Waals surface area (Å²) < 4.78 is 53.9. The zero-order valence-corrected chi connectivity index (χ0v) is 15.0. The number of carbonyl (C=O) groups excluding carboxylic acids is 1. The molecule has 0 radical (unpaired) electrons. The summed E-state index contributed by atoms with van der Waals surface area (Å²) in [5.41, 5.74) is -1.07. The normalized spacial score (nSPS) is 15.0. The van der Waals surface area contributed by atoms with Gasteiger partial charge in [0.15, 0.2) is 0 Å². The summed E-state index contributed by atoms with van der Waals surface area (Å²) in [5, 5.41) is 2.23. The van der Waals surface area contributed by atoms with Gasteiger partial charge in [0.25, 0.3) is 5.56 Å². The van der Waals surface area contributed by atoms with E-state index in [0.29, 0.717) is 19.2 Å². The van der Waals surface area contributed by atoms with Gasteiger partial charge < -0.3 is 9.88 Å². The van der Waals surface area contributed by atoms with Crippen molar-refractivity contribution in [3.05, 3.63) is 58.5 Å². The first-order chi connectivity index (χ1) is 12.8. The van der Waals surface area contributed by atoms with Crippen LogP contribution in [0.3, 0.4) is 0 Å². The number of rotatable bonds is 5. The Balaban J connectivity index is 1.81. The van der Waals surface area contributed by atoms with Crippen LogP contribution in [0.25, 0.3) is 0 Å². The SMILES string of the molecule is O=C(Cn1cccc(S(=O)(=O)N2CCCC2)c1=O)Nc1ccc(F)cc1F. The molecule has 1 amide bonds. The average Bonchev–Trinajstić information content (AvgIpc) is 3.14. The van der Waals surface area contributed by atoms with Crippen LogP contribution in [0.1, 0.15) is 12.8 Å². The molecule has 0 aliphatic carbocycles. The fourth-order valence-electron chi connectivity index (χ4n) is 2.84. The van der Waals surface area contributed by atoms with Crippen LogP contribution >= 0.6 is 0 Å². The van der Waals surface area contributed by atoms with E-state index in [0.717, 1.165) is 29.5 Å². The third-order valence-electron chi connectivity index (χ3n) is 4.19. The number of hydrogen-bond acceptors (Lipinski definition) is 4. The molecule has 27 heavy (non-hydrogen) atoms. The minimum absolute atomic E-state index is 0.240. The van der Waals surface area contributed by atoms with E-state index in [2.05, 4.69) is 5.32 Å². The van der Waals surface area contributed by atoms with Crippen LogP contribution in [0, 0.1) is 11.6 Å². The summed E-state index contributed by atoms with van der Waals surface area (Å²) >= 11 is 0. The molecular weight excluding hydrogens is 380 g/mol. The number of sulfonamides is 1. The number of anilines is 1. The number of hydrogen-bond donors (Lipinski definition) is 1. The molecule has 7 nitrogen and oxygen atoms in total. The standard InChI is InChI=1S/C17H17F2N3O4S/c18-12-5-6-14(13(19)10-12)20-16(23)11-21-7-3-4-15(17(21)24)27(25,26)22-8-1-2-9-22/h3-7,10H,1-2,8-9,11H2,(H,20,23). The van der Waals surface area contributed by atoms with Crippen molar-refractivity contribution in [2.45, 2.75) is 24.3 Å². The van der Waals surface area contributed by atoms with Gasteiger partial charge in [0, 0.05) is 25.4 Å². The molecule has 10 heteroatoms. The molecule has 1 aromatic carbocycles. The number of benzene rings is 1. The van der Waals surface area contributed by atoms with Crippen molar-refractivity contribution in [1.82, 2.24) is 8.87 Å². The van der Waals surface area contributed by atoms with Gasteiger partial charge in [-0.25, -0.2) is 17.2 Å². The Morgan fingerprint density at radius 3 is 2.52 bits per heavy atom. The van der Waals surface area contributed by atoms with Gasteiger partial charge in [-0.15, -0.1) is 0 Å². The zero-order chi connectivity index (χ0) is 19.6. The molecule has 0 saturated carbocycles. The quantitative estimate of drug-likeness (QED) is 0.829. The largest absolute Gasteiger partial charge is 0.322 e. The van der Waals surface area contributed by atoms with E-state index in [9.17, 15) is 26.8 Å². The van der Waals surface area contributed by atoms with Gasteiger partial charge in [-0.05, 0) is 37.1 Å². The third kappa shape index (κ3) is 4.06. The lowest BCUT2D eigenvalue weighted by Gasteiger charge is -2.16. The van der Waals surface area contributed by atoms with E-state index in [-0.39, 0.29) is 5.69 Å². The summed E-state index contributed by atoms with van der Waals surface area (Å²) in [6.45, 7) is 0.182. The molecule has 1 fully saturated rings. The second kappa shape index (κ2) is 7.57. The maximum atomic E-state index is 13.6. The number of pyridine rings is 1. The molecule has 3 rings (SSSR count). The Morgan fingerprint density at radius 2 is 1.85 bits per heavy atom. The fourth-order valence-corrected chi connectivity index (χ4v) is 4.44. The Labute approximate surface area is 154 Å². The predicted octanol–water partition coefficient (Wildman–Crippen LogP) is 1.55. The topological polar surface area (TPSA) is 88.5 Å². The van der Waals surface area contributed by atoms with Crippen LogP contribution in [0.15, 0.2) is 46.2 Å². The average molecular weight is 397 g/mol. The lowest BCUT2D eigenvalue weighted by molar-refractivity contribution is -0.116. The molecule has 1 aliphatic rings. The molecule has 144 valence electrons. The van der Waals surface area contributed by atoms with Crippen LogP contribution < -0.4 is 10.9 Å². The van der Waals surface area contributed by atoms with Crippen molar-refractivity contribution in [2.24, 2.45) is 0 Å². The second-order valence-corrected chi connectivity index (χ2v) is 8.00. The molecule has 0 bridgehead atoms. The summed E-state index contributed by atoms with van der Waals surface area (Å²) in [5.74, 6) is -2.50. The van der Waals surface area contributed by atoms with E-state index in [1.807, 2.05) is 0 Å². The van der Waals surface area contributed by atoms with Crippen molar-refractivity contribution < 1.29 is 22.0 Å². The van der Waals surface area contributed by atoms with Crippen molar-refractivity contribution in [1.29, 1.82) is 0 Å². The van der Waals surface area contributed by atoms with Crippen LogP contribution in [-0.4, -0.2) is 36.3 Å². The van der Waals surface area contributed by atoms with Gasteiger partial charge in [0.05, 0.1) is 5.69 Å². The minimum atomic E-state index is -3.93. The molecule has 1 aliphatic heterocycles. The number of halogens is 2. The lowest BCUT2D eigenvalue weighted by Crippen LogP contribution is -2.36. The Hall–Kier alpha value is -2.59.